The van der Waals surface area contributed by atoms with Gasteiger partial charge < -0.3 is 9.64 Å². The average molecular weight is 668 g/mol. The second-order valence-electron chi connectivity index (χ2n) is 10.2. The normalized spacial score (nSPS) is 17.5. The van der Waals surface area contributed by atoms with Gasteiger partial charge in [-0.1, -0.05) is 53.7 Å². The van der Waals surface area contributed by atoms with Crippen LogP contribution in [0.25, 0.3) is 5.76 Å². The van der Waals surface area contributed by atoms with Gasteiger partial charge in [0.25, 0.3) is 0 Å². The fourth-order valence-electron chi connectivity index (χ4n) is 5.57. The molecule has 0 saturated carbocycles. The molecule has 0 bridgehead atoms. The van der Waals surface area contributed by atoms with Crippen molar-refractivity contribution in [2.75, 3.05) is 4.90 Å². The molecule has 0 N–H and O–H groups in total. The smallest absolute Gasteiger partial charge is 0.234 e. The molecule has 1 aliphatic heterocycles. The summed E-state index contributed by atoms with van der Waals surface area (Å²) in [6, 6.07) is 21.4. The van der Waals surface area contributed by atoms with Crippen molar-refractivity contribution in [1.82, 2.24) is 15.0 Å². The molecular weight excluding hydrogens is 647 g/mol. The van der Waals surface area contributed by atoms with Crippen molar-refractivity contribution >= 4 is 57.2 Å². The minimum absolute atomic E-state index is 0.189. The molecule has 0 spiro atoms. The summed E-state index contributed by atoms with van der Waals surface area (Å²) in [6.07, 6.45) is 3.02. The summed E-state index contributed by atoms with van der Waals surface area (Å²) in [5.41, 5.74) is 3.69. The quantitative estimate of drug-likeness (QED) is 0.213. The van der Waals surface area contributed by atoms with Crippen molar-refractivity contribution < 1.29 is 23.9 Å². The molecule has 206 valence electrons. The first-order valence-electron chi connectivity index (χ1n) is 13.3. The molecule has 2 aliphatic carbocycles. The van der Waals surface area contributed by atoms with Crippen LogP contribution < -0.4 is 4.90 Å². The van der Waals surface area contributed by atoms with Crippen molar-refractivity contribution in [3.63, 3.8) is 0 Å². The Morgan fingerprint density at radius 2 is 1.50 bits per heavy atom. The highest BCUT2D eigenvalue weighted by molar-refractivity contribution is 14.1. The van der Waals surface area contributed by atoms with Gasteiger partial charge in [0.2, 0.25) is 17.3 Å². The molecule has 7 rings (SSSR count). The highest BCUT2D eigenvalue weighted by Gasteiger charge is 2.40. The van der Waals surface area contributed by atoms with Crippen LogP contribution >= 0.6 is 22.6 Å². The molecule has 4 aromatic rings. The molecule has 0 saturated heterocycles. The zero-order valence-electron chi connectivity index (χ0n) is 22.0. The molecule has 3 aliphatic rings. The van der Waals surface area contributed by atoms with E-state index in [1.165, 1.54) is 6.08 Å². The monoisotopic (exact) mass is 668 g/mol. The second kappa shape index (κ2) is 10.3. The number of rotatable bonds is 6. The van der Waals surface area contributed by atoms with Gasteiger partial charge in [0.15, 0.2) is 5.78 Å². The van der Waals surface area contributed by atoms with E-state index in [0.717, 1.165) is 9.26 Å². The largest absolute Gasteiger partial charge is 0.487 e. The molecule has 1 aromatic heterocycles. The number of aromatic nitrogens is 3. The van der Waals surface area contributed by atoms with Crippen LogP contribution in [0.1, 0.15) is 48.8 Å². The van der Waals surface area contributed by atoms with Crippen LogP contribution in [0.5, 0.6) is 0 Å². The summed E-state index contributed by atoms with van der Waals surface area (Å²) < 4.78 is 8.81. The van der Waals surface area contributed by atoms with Crippen molar-refractivity contribution in [2.45, 2.75) is 25.6 Å². The van der Waals surface area contributed by atoms with Crippen LogP contribution in [0, 0.1) is 3.57 Å². The van der Waals surface area contributed by atoms with E-state index in [4.69, 9.17) is 4.74 Å². The Hall–Kier alpha value is -4.71. The summed E-state index contributed by atoms with van der Waals surface area (Å²) in [4.78, 5) is 53.6. The predicted molar refractivity (Wildman–Crippen MR) is 161 cm³/mol. The van der Waals surface area contributed by atoms with Gasteiger partial charge >= 0.3 is 0 Å². The van der Waals surface area contributed by atoms with E-state index in [1.54, 1.807) is 58.2 Å². The number of carbonyl (C=O) groups is 4. The Kier molecular flexibility index (Phi) is 6.42. The van der Waals surface area contributed by atoms with Crippen LogP contribution in [0.2, 0.25) is 0 Å². The van der Waals surface area contributed by atoms with E-state index < -0.39 is 17.7 Å². The van der Waals surface area contributed by atoms with Gasteiger partial charge in [-0.2, -0.15) is 0 Å². The Bertz CT molecular complexity index is 1890. The molecule has 1 unspecified atom stereocenters. The maximum atomic E-state index is 13.6. The predicted octanol–water partition coefficient (Wildman–Crippen LogP) is 4.82. The van der Waals surface area contributed by atoms with Gasteiger partial charge in [0.05, 0.1) is 30.6 Å². The van der Waals surface area contributed by atoms with E-state index in [2.05, 4.69) is 32.9 Å². The number of anilines is 1. The van der Waals surface area contributed by atoms with Crippen LogP contribution in [0.15, 0.2) is 96.3 Å². The summed E-state index contributed by atoms with van der Waals surface area (Å²) in [7, 11) is 0. The van der Waals surface area contributed by atoms with Crippen LogP contribution in [-0.4, -0.2) is 44.2 Å². The highest BCUT2D eigenvalue weighted by atomic mass is 127. The lowest BCUT2D eigenvalue weighted by atomic mass is 9.88. The molecule has 2 heterocycles. The summed E-state index contributed by atoms with van der Waals surface area (Å²) in [6.45, 7) is 0.495. The number of ether oxygens (including phenoxy) is 1. The van der Waals surface area contributed by atoms with E-state index in [-0.39, 0.29) is 23.8 Å². The van der Waals surface area contributed by atoms with Crippen molar-refractivity contribution in [2.24, 2.45) is 0 Å². The van der Waals surface area contributed by atoms with Crippen molar-refractivity contribution in [1.29, 1.82) is 0 Å². The number of nitrogens with zero attached hydrogens (tertiary/aromatic N) is 4. The minimum atomic E-state index is -0.528. The molecule has 3 aromatic carbocycles. The molecule has 10 heteroatoms. The first kappa shape index (κ1) is 26.2. The van der Waals surface area contributed by atoms with Gasteiger partial charge in [0.1, 0.15) is 17.6 Å². The Morgan fingerprint density at radius 1 is 0.833 bits per heavy atom. The van der Waals surface area contributed by atoms with Gasteiger partial charge in [-0.05, 0) is 46.9 Å². The topological polar surface area (TPSA) is 111 Å². The van der Waals surface area contributed by atoms with Crippen LogP contribution in [0.3, 0.4) is 0 Å². The zero-order chi connectivity index (χ0) is 29.0. The van der Waals surface area contributed by atoms with Gasteiger partial charge in [-0.15, -0.1) is 5.10 Å². The summed E-state index contributed by atoms with van der Waals surface area (Å²) in [5, 5.41) is 8.60. The maximum Gasteiger partial charge on any atom is 0.234 e. The zero-order valence-corrected chi connectivity index (χ0v) is 24.1. The minimum Gasteiger partial charge on any atom is -0.487 e. The van der Waals surface area contributed by atoms with E-state index in [9.17, 15) is 19.2 Å². The fraction of sp³-hybridized carbons (Fsp3) is 0.125. The van der Waals surface area contributed by atoms with E-state index in [1.807, 2.05) is 30.3 Å². The lowest BCUT2D eigenvalue weighted by molar-refractivity contribution is -0.112. The summed E-state index contributed by atoms with van der Waals surface area (Å²) in [5.74, 6) is -1.06. The SMILES string of the molecule is O=C1C(=O)c2ccccc2C2=C1CC(Cn1cc(CN(C3=CC(=O)c4ccccc4C3=O)c3ccc(I)cc3)nn1)O2. The van der Waals surface area contributed by atoms with E-state index >= 15 is 0 Å². The number of fused-ring (bicyclic) bond motifs is 3. The number of hydrogen-bond donors (Lipinski definition) is 0. The van der Waals surface area contributed by atoms with Crippen molar-refractivity contribution in [3.05, 3.63) is 128 Å². The van der Waals surface area contributed by atoms with Gasteiger partial charge in [0, 0.05) is 44.0 Å². The summed E-state index contributed by atoms with van der Waals surface area (Å²) >= 11 is 2.21. The van der Waals surface area contributed by atoms with E-state index in [0.29, 0.717) is 52.2 Å². The maximum absolute atomic E-state index is 13.6. The Labute approximate surface area is 253 Å². The standard InChI is InChI=1S/C32H21IN4O5/c33-18-9-11-20(12-10-18)37(27-14-28(38)22-5-1-2-6-23(22)29(27)39)16-19-15-36(35-34-19)17-21-13-26-31(41)30(40)24-7-3-4-8-25(24)32(26)42-21/h1-12,14-15,21H,13,16-17H2. The molecule has 9 nitrogen and oxygen atoms in total. The molecule has 0 amide bonds. The molecule has 42 heavy (non-hydrogen) atoms. The average Bonchev–Trinajstić information content (AvgIpc) is 3.64. The second-order valence-corrected chi connectivity index (χ2v) is 11.5. The molecule has 0 radical (unpaired) electrons. The fourth-order valence-corrected chi connectivity index (χ4v) is 5.93. The number of allylic oxidation sites excluding steroid dienone is 2. The third-order valence-corrected chi connectivity index (χ3v) is 8.27. The lowest BCUT2D eigenvalue weighted by Crippen LogP contribution is -2.31. The Morgan fingerprint density at radius 3 is 2.24 bits per heavy atom. The number of halogens is 1. The highest BCUT2D eigenvalue weighted by Crippen LogP contribution is 2.39. The number of benzene rings is 3. The van der Waals surface area contributed by atoms with Crippen molar-refractivity contribution in [3.8, 4) is 0 Å². The van der Waals surface area contributed by atoms with Gasteiger partial charge in [-0.25, -0.2) is 4.68 Å². The lowest BCUT2D eigenvalue weighted by Gasteiger charge is -2.28. The molecular formula is C32H21IN4O5. The first-order chi connectivity index (χ1) is 20.4. The van der Waals surface area contributed by atoms with Crippen LogP contribution in [0.4, 0.5) is 5.69 Å². The number of Topliss-reactive ketones (excluding diaryl/α,β-unsaturated/α-hetero) is 3. The first-order valence-corrected chi connectivity index (χ1v) is 14.4. The third kappa shape index (κ3) is 4.48. The number of hydrogen-bond acceptors (Lipinski definition) is 8. The molecule has 0 fully saturated rings. The number of carbonyl (C=O) groups excluding carboxylic acids is 4. The van der Waals surface area contributed by atoms with Gasteiger partial charge in [-0.3, -0.25) is 19.2 Å². The molecule has 1 atom stereocenters. The Balaban J connectivity index is 1.13. The third-order valence-electron chi connectivity index (χ3n) is 7.55. The van der Waals surface area contributed by atoms with Crippen LogP contribution in [-0.2, 0) is 22.6 Å². The number of ketones is 4.